The Morgan fingerprint density at radius 1 is 1.71 bits per heavy atom. The van der Waals surface area contributed by atoms with Crippen LogP contribution in [0.2, 0.25) is 0 Å². The SMILES string of the molecule is COC(=O)/C=C/C1=CCCC(CC[N+](=O)[O-])C1. The first kappa shape index (κ1) is 13.4. The fraction of sp³-hybridized carbons (Fsp3) is 0.583. The molecule has 5 heteroatoms. The molecule has 0 aromatic rings. The summed E-state index contributed by atoms with van der Waals surface area (Å²) in [7, 11) is 1.34. The summed E-state index contributed by atoms with van der Waals surface area (Å²) in [5, 5.41) is 10.3. The number of carbonyl (C=O) groups is 1. The second-order valence-corrected chi connectivity index (χ2v) is 4.13. The molecule has 0 bridgehead atoms. The van der Waals surface area contributed by atoms with Gasteiger partial charge in [0.2, 0.25) is 6.54 Å². The van der Waals surface area contributed by atoms with Crippen LogP contribution in [0, 0.1) is 16.0 Å². The minimum atomic E-state index is -0.377. The highest BCUT2D eigenvalue weighted by atomic mass is 16.6. The van der Waals surface area contributed by atoms with E-state index < -0.39 is 0 Å². The van der Waals surface area contributed by atoms with Crippen molar-refractivity contribution < 1.29 is 14.5 Å². The lowest BCUT2D eigenvalue weighted by molar-refractivity contribution is -0.481. The highest BCUT2D eigenvalue weighted by Crippen LogP contribution is 2.27. The van der Waals surface area contributed by atoms with Crippen LogP contribution in [0.4, 0.5) is 0 Å². The third-order valence-electron chi connectivity index (χ3n) is 2.86. The molecule has 0 spiro atoms. The minimum absolute atomic E-state index is 0.0265. The average molecular weight is 239 g/mol. The van der Waals surface area contributed by atoms with Crippen molar-refractivity contribution >= 4 is 5.97 Å². The summed E-state index contributed by atoms with van der Waals surface area (Å²) >= 11 is 0. The average Bonchev–Trinajstić information content (AvgIpc) is 2.34. The summed E-state index contributed by atoms with van der Waals surface area (Å²) in [6, 6.07) is 0. The van der Waals surface area contributed by atoms with Crippen LogP contribution in [-0.2, 0) is 9.53 Å². The predicted molar refractivity (Wildman–Crippen MR) is 63.1 cm³/mol. The van der Waals surface area contributed by atoms with Gasteiger partial charge in [-0.05, 0) is 25.2 Å². The van der Waals surface area contributed by atoms with Gasteiger partial charge in [-0.15, -0.1) is 0 Å². The molecule has 0 amide bonds. The number of hydrogen-bond acceptors (Lipinski definition) is 4. The Morgan fingerprint density at radius 3 is 3.12 bits per heavy atom. The molecule has 1 unspecified atom stereocenters. The van der Waals surface area contributed by atoms with Crippen molar-refractivity contribution in [1.29, 1.82) is 0 Å². The Morgan fingerprint density at radius 2 is 2.47 bits per heavy atom. The van der Waals surface area contributed by atoms with Crippen molar-refractivity contribution in [2.75, 3.05) is 13.7 Å². The van der Waals surface area contributed by atoms with Gasteiger partial charge >= 0.3 is 5.97 Å². The van der Waals surface area contributed by atoms with Crippen molar-refractivity contribution in [2.24, 2.45) is 5.92 Å². The van der Waals surface area contributed by atoms with Gasteiger partial charge in [0.25, 0.3) is 0 Å². The van der Waals surface area contributed by atoms with E-state index in [0.717, 1.165) is 24.8 Å². The highest BCUT2D eigenvalue weighted by Gasteiger charge is 2.16. The summed E-state index contributed by atoms with van der Waals surface area (Å²) in [6.07, 6.45) is 8.53. The molecule has 0 heterocycles. The van der Waals surface area contributed by atoms with E-state index in [1.807, 2.05) is 0 Å². The summed E-state index contributed by atoms with van der Waals surface area (Å²) in [6.45, 7) is 0.0265. The van der Waals surface area contributed by atoms with Crippen molar-refractivity contribution in [2.45, 2.75) is 25.7 Å². The van der Waals surface area contributed by atoms with E-state index in [2.05, 4.69) is 10.8 Å². The number of hydrogen-bond donors (Lipinski definition) is 0. The van der Waals surface area contributed by atoms with Crippen LogP contribution in [0.1, 0.15) is 25.7 Å². The zero-order valence-corrected chi connectivity index (χ0v) is 9.93. The predicted octanol–water partition coefficient (Wildman–Crippen LogP) is 2.11. The smallest absolute Gasteiger partial charge is 0.330 e. The fourth-order valence-corrected chi connectivity index (χ4v) is 1.94. The van der Waals surface area contributed by atoms with Crippen molar-refractivity contribution in [3.63, 3.8) is 0 Å². The largest absolute Gasteiger partial charge is 0.466 e. The first-order chi connectivity index (χ1) is 8.11. The molecule has 17 heavy (non-hydrogen) atoms. The van der Waals surface area contributed by atoms with Gasteiger partial charge < -0.3 is 4.74 Å². The second kappa shape index (κ2) is 6.83. The van der Waals surface area contributed by atoms with Crippen LogP contribution in [0.5, 0.6) is 0 Å². The minimum Gasteiger partial charge on any atom is -0.466 e. The summed E-state index contributed by atoms with van der Waals surface area (Å²) in [4.78, 5) is 20.9. The maximum atomic E-state index is 10.9. The zero-order chi connectivity index (χ0) is 12.7. The molecule has 0 aromatic heterocycles. The maximum Gasteiger partial charge on any atom is 0.330 e. The van der Waals surface area contributed by atoms with E-state index in [1.54, 1.807) is 6.08 Å². The number of methoxy groups -OCH3 is 1. The van der Waals surface area contributed by atoms with Crippen LogP contribution in [-0.4, -0.2) is 24.5 Å². The number of nitro groups is 1. The van der Waals surface area contributed by atoms with Gasteiger partial charge in [-0.3, -0.25) is 10.1 Å². The lowest BCUT2D eigenvalue weighted by Gasteiger charge is -2.19. The summed E-state index contributed by atoms with van der Waals surface area (Å²) in [5.41, 5.74) is 1.06. The highest BCUT2D eigenvalue weighted by molar-refractivity contribution is 5.82. The third kappa shape index (κ3) is 5.29. The Labute approximate surface area is 100 Å². The van der Waals surface area contributed by atoms with Gasteiger partial charge in [0.05, 0.1) is 7.11 Å². The van der Waals surface area contributed by atoms with Gasteiger partial charge in [-0.2, -0.15) is 0 Å². The van der Waals surface area contributed by atoms with E-state index >= 15 is 0 Å². The van der Waals surface area contributed by atoms with Gasteiger partial charge in [0.15, 0.2) is 0 Å². The number of ether oxygens (including phenoxy) is 1. The first-order valence-electron chi connectivity index (χ1n) is 5.68. The molecular formula is C12H17NO4. The number of rotatable bonds is 5. The molecule has 1 aliphatic rings. The number of nitrogens with zero attached hydrogens (tertiary/aromatic N) is 1. The molecule has 1 rings (SSSR count). The van der Waals surface area contributed by atoms with Crippen LogP contribution < -0.4 is 0 Å². The molecule has 0 saturated carbocycles. The molecule has 0 radical (unpaired) electrons. The van der Waals surface area contributed by atoms with Crippen molar-refractivity contribution in [1.82, 2.24) is 0 Å². The van der Waals surface area contributed by atoms with E-state index in [4.69, 9.17) is 0 Å². The summed E-state index contributed by atoms with van der Waals surface area (Å²) in [5.74, 6) is -0.0268. The van der Waals surface area contributed by atoms with Gasteiger partial charge in [0, 0.05) is 17.4 Å². The first-order valence-corrected chi connectivity index (χ1v) is 5.68. The number of allylic oxidation sites excluding steroid dienone is 3. The van der Waals surface area contributed by atoms with E-state index in [0.29, 0.717) is 12.3 Å². The molecule has 0 saturated heterocycles. The normalized spacial score (nSPS) is 20.1. The van der Waals surface area contributed by atoms with Crippen molar-refractivity contribution in [3.8, 4) is 0 Å². The van der Waals surface area contributed by atoms with E-state index in [1.165, 1.54) is 13.2 Å². The van der Waals surface area contributed by atoms with Crippen LogP contribution >= 0.6 is 0 Å². The quantitative estimate of drug-likeness (QED) is 0.319. The van der Waals surface area contributed by atoms with Gasteiger partial charge in [0.1, 0.15) is 0 Å². The molecule has 0 N–H and O–H groups in total. The standard InChI is InChI=1S/C12H17NO4/c1-17-12(14)6-5-10-3-2-4-11(9-10)7-8-13(15)16/h3,5-6,11H,2,4,7-9H2,1H3/b6-5+. The zero-order valence-electron chi connectivity index (χ0n) is 9.93. The topological polar surface area (TPSA) is 69.4 Å². The molecule has 0 fully saturated rings. The Bertz CT molecular complexity index is 346. The van der Waals surface area contributed by atoms with Crippen LogP contribution in [0.3, 0.4) is 0 Å². The Hall–Kier alpha value is -1.65. The molecule has 1 atom stereocenters. The number of carbonyl (C=O) groups excluding carboxylic acids is 1. The van der Waals surface area contributed by atoms with Crippen LogP contribution in [0.25, 0.3) is 0 Å². The van der Waals surface area contributed by atoms with Crippen molar-refractivity contribution in [3.05, 3.63) is 33.9 Å². The Kier molecular flexibility index (Phi) is 5.39. The summed E-state index contributed by atoms with van der Waals surface area (Å²) < 4.78 is 4.50. The Balaban J connectivity index is 2.43. The number of esters is 1. The van der Waals surface area contributed by atoms with E-state index in [-0.39, 0.29) is 17.4 Å². The monoisotopic (exact) mass is 239 g/mol. The lowest BCUT2D eigenvalue weighted by Crippen LogP contribution is -2.12. The molecule has 5 nitrogen and oxygen atoms in total. The fourth-order valence-electron chi connectivity index (χ4n) is 1.94. The van der Waals surface area contributed by atoms with Gasteiger partial charge in [-0.1, -0.05) is 17.7 Å². The van der Waals surface area contributed by atoms with Crippen LogP contribution in [0.15, 0.2) is 23.8 Å². The second-order valence-electron chi connectivity index (χ2n) is 4.13. The van der Waals surface area contributed by atoms with E-state index in [9.17, 15) is 14.9 Å². The molecule has 0 aliphatic heterocycles. The maximum absolute atomic E-state index is 10.9. The lowest BCUT2D eigenvalue weighted by atomic mass is 9.86. The third-order valence-corrected chi connectivity index (χ3v) is 2.86. The molecular weight excluding hydrogens is 222 g/mol. The molecule has 94 valence electrons. The molecule has 1 aliphatic carbocycles. The van der Waals surface area contributed by atoms with Gasteiger partial charge in [-0.25, -0.2) is 4.79 Å². The molecule has 0 aromatic carbocycles.